The fourth-order valence-electron chi connectivity index (χ4n) is 2.69. The van der Waals surface area contributed by atoms with Crippen molar-refractivity contribution in [3.8, 4) is 5.69 Å². The van der Waals surface area contributed by atoms with E-state index in [2.05, 4.69) is 20.8 Å². The first-order valence-corrected chi connectivity index (χ1v) is 7.60. The second-order valence-corrected chi connectivity index (χ2v) is 5.94. The lowest BCUT2D eigenvalue weighted by Crippen LogP contribution is -2.40. The van der Waals surface area contributed by atoms with Crippen molar-refractivity contribution in [3.63, 3.8) is 0 Å². The molecule has 1 amide bonds. The van der Waals surface area contributed by atoms with Crippen molar-refractivity contribution in [2.75, 3.05) is 0 Å². The first-order valence-electron chi connectivity index (χ1n) is 7.23. The first kappa shape index (κ1) is 17.7. The van der Waals surface area contributed by atoms with Crippen LogP contribution in [0.25, 0.3) is 5.69 Å². The van der Waals surface area contributed by atoms with Gasteiger partial charge in [-0.3, -0.25) is 4.79 Å². The van der Waals surface area contributed by atoms with Crippen LogP contribution in [-0.4, -0.2) is 38.2 Å². The van der Waals surface area contributed by atoms with E-state index in [-0.39, 0.29) is 30.4 Å². The van der Waals surface area contributed by atoms with Crippen molar-refractivity contribution in [2.24, 2.45) is 5.73 Å². The molecule has 1 aromatic heterocycles. The summed E-state index contributed by atoms with van der Waals surface area (Å²) in [5.74, 6) is -0.173. The van der Waals surface area contributed by atoms with E-state index in [0.29, 0.717) is 16.3 Å². The van der Waals surface area contributed by atoms with Crippen LogP contribution in [0.2, 0.25) is 5.02 Å². The Hall–Kier alpha value is -1.70. The Labute approximate surface area is 145 Å². The summed E-state index contributed by atoms with van der Waals surface area (Å²) in [7, 11) is 0. The third-order valence-electron chi connectivity index (χ3n) is 3.91. The molecule has 0 saturated heterocycles. The van der Waals surface area contributed by atoms with Crippen molar-refractivity contribution in [1.82, 2.24) is 25.5 Å². The second kappa shape index (κ2) is 7.72. The Morgan fingerprint density at radius 2 is 2.04 bits per heavy atom. The van der Waals surface area contributed by atoms with Crippen LogP contribution in [0.4, 0.5) is 0 Å². The summed E-state index contributed by atoms with van der Waals surface area (Å²) in [6.07, 6.45) is 5.10. The number of nitrogens with zero attached hydrogens (tertiary/aromatic N) is 4. The maximum Gasteiger partial charge on any atom is 0.253 e. The van der Waals surface area contributed by atoms with Gasteiger partial charge in [-0.25, -0.2) is 0 Å². The zero-order valence-corrected chi connectivity index (χ0v) is 13.9. The maximum absolute atomic E-state index is 12.6. The molecule has 1 aromatic carbocycles. The van der Waals surface area contributed by atoms with Gasteiger partial charge in [0.25, 0.3) is 5.91 Å². The van der Waals surface area contributed by atoms with Gasteiger partial charge in [0.1, 0.15) is 6.33 Å². The van der Waals surface area contributed by atoms with E-state index in [1.54, 1.807) is 18.2 Å². The normalized spacial score (nSPS) is 20.6. The third kappa shape index (κ3) is 4.19. The molecular formula is C14H18Cl2N6O. The van der Waals surface area contributed by atoms with E-state index in [4.69, 9.17) is 17.3 Å². The lowest BCUT2D eigenvalue weighted by Gasteiger charge is -2.27. The molecule has 23 heavy (non-hydrogen) atoms. The minimum atomic E-state index is -0.173. The summed E-state index contributed by atoms with van der Waals surface area (Å²) in [6.45, 7) is 0. The quantitative estimate of drug-likeness (QED) is 0.872. The lowest BCUT2D eigenvalue weighted by molar-refractivity contribution is 0.0925. The van der Waals surface area contributed by atoms with Gasteiger partial charge in [-0.2, -0.15) is 4.68 Å². The van der Waals surface area contributed by atoms with Gasteiger partial charge in [-0.15, -0.1) is 17.5 Å². The number of nitrogens with one attached hydrogen (secondary N) is 1. The molecule has 0 aliphatic heterocycles. The molecule has 0 atom stereocenters. The van der Waals surface area contributed by atoms with E-state index in [1.807, 2.05) is 0 Å². The number of hydrogen-bond acceptors (Lipinski definition) is 5. The predicted molar refractivity (Wildman–Crippen MR) is 89.1 cm³/mol. The summed E-state index contributed by atoms with van der Waals surface area (Å²) in [5.41, 5.74) is 6.94. The molecule has 0 spiro atoms. The fraction of sp³-hybridized carbons (Fsp3) is 0.429. The van der Waals surface area contributed by atoms with Crippen LogP contribution >= 0.6 is 24.0 Å². The number of hydrogen-bond donors (Lipinski definition) is 2. The van der Waals surface area contributed by atoms with Gasteiger partial charge in [-0.05, 0) is 54.3 Å². The molecular weight excluding hydrogens is 339 g/mol. The number of benzene rings is 1. The van der Waals surface area contributed by atoms with Crippen LogP contribution in [0.15, 0.2) is 24.5 Å². The number of tetrazole rings is 1. The molecule has 124 valence electrons. The Kier molecular flexibility index (Phi) is 5.92. The number of carbonyl (C=O) groups excluding carboxylic acids is 1. The maximum atomic E-state index is 12.6. The average molecular weight is 357 g/mol. The number of carbonyl (C=O) groups is 1. The van der Waals surface area contributed by atoms with Crippen LogP contribution in [0.3, 0.4) is 0 Å². The van der Waals surface area contributed by atoms with Crippen molar-refractivity contribution in [1.29, 1.82) is 0 Å². The lowest BCUT2D eigenvalue weighted by atomic mass is 9.91. The predicted octanol–water partition coefficient (Wildman–Crippen LogP) is 1.74. The average Bonchev–Trinajstić information content (AvgIpc) is 3.03. The van der Waals surface area contributed by atoms with E-state index in [9.17, 15) is 4.79 Å². The molecule has 0 radical (unpaired) electrons. The first-order chi connectivity index (χ1) is 10.6. The highest BCUT2D eigenvalue weighted by atomic mass is 35.5. The number of nitrogens with two attached hydrogens (primary N) is 1. The van der Waals surface area contributed by atoms with Crippen LogP contribution in [0, 0.1) is 0 Å². The molecule has 9 heteroatoms. The summed E-state index contributed by atoms with van der Waals surface area (Å²) < 4.78 is 1.45. The Morgan fingerprint density at radius 1 is 1.30 bits per heavy atom. The van der Waals surface area contributed by atoms with Crippen LogP contribution in [0.1, 0.15) is 36.0 Å². The van der Waals surface area contributed by atoms with E-state index < -0.39 is 0 Å². The molecule has 0 bridgehead atoms. The Morgan fingerprint density at radius 3 is 2.70 bits per heavy atom. The van der Waals surface area contributed by atoms with E-state index in [1.165, 1.54) is 11.0 Å². The van der Waals surface area contributed by atoms with Gasteiger partial charge in [0.05, 0.1) is 11.3 Å². The molecule has 7 nitrogen and oxygen atoms in total. The van der Waals surface area contributed by atoms with E-state index in [0.717, 1.165) is 25.7 Å². The third-order valence-corrected chi connectivity index (χ3v) is 4.14. The zero-order chi connectivity index (χ0) is 15.5. The molecule has 2 aromatic rings. The minimum absolute atomic E-state index is 0. The Bertz CT molecular complexity index is 655. The standard InChI is InChI=1S/C14H17ClN6O.ClH/c15-9-1-6-13(21-8-17-19-20-21)12(7-9)14(22)18-11-4-2-10(16)3-5-11;/h1,6-8,10-11H,2-5,16H2,(H,18,22);1H. The Balaban J connectivity index is 0.00000192. The van der Waals surface area contributed by atoms with Gasteiger partial charge in [-0.1, -0.05) is 11.6 Å². The molecule has 1 saturated carbocycles. The molecule has 0 unspecified atom stereocenters. The fourth-order valence-corrected chi connectivity index (χ4v) is 2.86. The van der Waals surface area contributed by atoms with Crippen molar-refractivity contribution >= 4 is 29.9 Å². The van der Waals surface area contributed by atoms with Crippen LogP contribution in [-0.2, 0) is 0 Å². The van der Waals surface area contributed by atoms with E-state index >= 15 is 0 Å². The van der Waals surface area contributed by atoms with Crippen molar-refractivity contribution in [2.45, 2.75) is 37.8 Å². The highest BCUT2D eigenvalue weighted by Gasteiger charge is 2.22. The highest BCUT2D eigenvalue weighted by molar-refractivity contribution is 6.31. The number of rotatable bonds is 3. The van der Waals surface area contributed by atoms with Crippen LogP contribution in [0.5, 0.6) is 0 Å². The smallest absolute Gasteiger partial charge is 0.253 e. The summed E-state index contributed by atoms with van der Waals surface area (Å²) in [4.78, 5) is 12.6. The molecule has 1 aliphatic carbocycles. The van der Waals surface area contributed by atoms with Crippen LogP contribution < -0.4 is 11.1 Å². The largest absolute Gasteiger partial charge is 0.349 e. The van der Waals surface area contributed by atoms with Gasteiger partial charge in [0.2, 0.25) is 0 Å². The summed E-state index contributed by atoms with van der Waals surface area (Å²) in [6, 6.07) is 5.45. The number of halogens is 2. The SMILES string of the molecule is Cl.NC1CCC(NC(=O)c2cc(Cl)ccc2-n2cnnn2)CC1. The molecule has 3 N–H and O–H groups in total. The molecule has 1 heterocycles. The van der Waals surface area contributed by atoms with Crippen molar-refractivity contribution in [3.05, 3.63) is 35.1 Å². The van der Waals surface area contributed by atoms with Gasteiger partial charge < -0.3 is 11.1 Å². The molecule has 3 rings (SSSR count). The number of aromatic nitrogens is 4. The summed E-state index contributed by atoms with van der Waals surface area (Å²) in [5, 5.41) is 14.6. The molecule has 1 aliphatic rings. The van der Waals surface area contributed by atoms with Gasteiger partial charge in [0, 0.05) is 17.1 Å². The highest BCUT2D eigenvalue weighted by Crippen LogP contribution is 2.21. The second-order valence-electron chi connectivity index (χ2n) is 5.50. The topological polar surface area (TPSA) is 98.7 Å². The van der Waals surface area contributed by atoms with Gasteiger partial charge >= 0.3 is 0 Å². The minimum Gasteiger partial charge on any atom is -0.349 e. The number of amides is 1. The van der Waals surface area contributed by atoms with Gasteiger partial charge in [0.15, 0.2) is 0 Å². The van der Waals surface area contributed by atoms with Crippen molar-refractivity contribution < 1.29 is 4.79 Å². The monoisotopic (exact) mass is 356 g/mol. The summed E-state index contributed by atoms with van der Waals surface area (Å²) >= 11 is 6.03. The zero-order valence-electron chi connectivity index (χ0n) is 12.4. The molecule has 1 fully saturated rings.